The second-order valence-corrected chi connectivity index (χ2v) is 10.2. The molecule has 0 radical (unpaired) electrons. The normalized spacial score (nSPS) is 22.9. The molecule has 3 heterocycles. The molecule has 1 aromatic heterocycles. The molecule has 10 nitrogen and oxygen atoms in total. The van der Waals surface area contributed by atoms with Gasteiger partial charge in [0.05, 0.1) is 13.2 Å². The van der Waals surface area contributed by atoms with Crippen molar-refractivity contribution >= 4 is 17.8 Å². The standard InChI is InChI=1S/C25H46N6O4/c1-7-9-11-13-15-26-21-28-22(27-16-14-12-10-8-2)30-23(29-21)31(19-17-32-24(3,4)34-19)20-18-33-25(5,6)35-20/h19-20H,7-18H2,1-6H3,(H2,26,27,28,29,30). The zero-order valence-electron chi connectivity index (χ0n) is 22.6. The van der Waals surface area contributed by atoms with Crippen molar-refractivity contribution in [1.82, 2.24) is 15.0 Å². The summed E-state index contributed by atoms with van der Waals surface area (Å²) in [5.74, 6) is 0.162. The molecule has 0 saturated carbocycles. The van der Waals surface area contributed by atoms with E-state index in [0.29, 0.717) is 31.1 Å². The predicted octanol–water partition coefficient (Wildman–Crippen LogP) is 4.88. The fourth-order valence-electron chi connectivity index (χ4n) is 4.19. The molecule has 200 valence electrons. The van der Waals surface area contributed by atoms with Crippen molar-refractivity contribution in [2.24, 2.45) is 0 Å². The van der Waals surface area contributed by atoms with Gasteiger partial charge in [0, 0.05) is 13.1 Å². The van der Waals surface area contributed by atoms with Crippen LogP contribution in [-0.4, -0.2) is 65.3 Å². The van der Waals surface area contributed by atoms with Crippen LogP contribution in [0.15, 0.2) is 0 Å². The quantitative estimate of drug-likeness (QED) is 0.328. The van der Waals surface area contributed by atoms with Crippen LogP contribution in [0.4, 0.5) is 17.8 Å². The summed E-state index contributed by atoms with van der Waals surface area (Å²) in [7, 11) is 0. The first-order valence-corrected chi connectivity index (χ1v) is 13.4. The topological polar surface area (TPSA) is 103 Å². The summed E-state index contributed by atoms with van der Waals surface area (Å²) in [5, 5.41) is 6.78. The van der Waals surface area contributed by atoms with Crippen LogP contribution in [0, 0.1) is 0 Å². The number of nitrogens with zero attached hydrogens (tertiary/aromatic N) is 4. The van der Waals surface area contributed by atoms with Crippen molar-refractivity contribution in [3.8, 4) is 0 Å². The molecule has 3 rings (SSSR count). The lowest BCUT2D eigenvalue weighted by Gasteiger charge is -2.33. The molecular formula is C25H46N6O4. The molecule has 2 fully saturated rings. The van der Waals surface area contributed by atoms with E-state index in [9.17, 15) is 0 Å². The summed E-state index contributed by atoms with van der Waals surface area (Å²) >= 11 is 0. The Morgan fingerprint density at radius 1 is 0.714 bits per heavy atom. The monoisotopic (exact) mass is 494 g/mol. The van der Waals surface area contributed by atoms with Gasteiger partial charge in [-0.2, -0.15) is 15.0 Å². The van der Waals surface area contributed by atoms with Gasteiger partial charge >= 0.3 is 0 Å². The maximum absolute atomic E-state index is 6.20. The molecule has 10 heteroatoms. The lowest BCUT2D eigenvalue weighted by Crippen LogP contribution is -2.48. The number of rotatable bonds is 15. The summed E-state index contributed by atoms with van der Waals surface area (Å²) < 4.78 is 24.1. The number of aromatic nitrogens is 3. The molecule has 2 saturated heterocycles. The number of hydrogen-bond acceptors (Lipinski definition) is 10. The molecule has 35 heavy (non-hydrogen) atoms. The van der Waals surface area contributed by atoms with E-state index in [1.54, 1.807) is 0 Å². The van der Waals surface area contributed by atoms with Crippen molar-refractivity contribution in [2.75, 3.05) is 41.8 Å². The third-order valence-electron chi connectivity index (χ3n) is 6.09. The van der Waals surface area contributed by atoms with Crippen LogP contribution >= 0.6 is 0 Å². The predicted molar refractivity (Wildman–Crippen MR) is 137 cm³/mol. The Morgan fingerprint density at radius 3 is 1.54 bits per heavy atom. The minimum Gasteiger partial charge on any atom is -0.354 e. The molecule has 2 aliphatic heterocycles. The second kappa shape index (κ2) is 13.0. The Bertz CT molecular complexity index is 720. The Labute approximate surface area is 210 Å². The second-order valence-electron chi connectivity index (χ2n) is 10.2. The fraction of sp³-hybridized carbons (Fsp3) is 0.880. The molecule has 2 atom stereocenters. The Balaban J connectivity index is 1.82. The molecule has 0 aromatic carbocycles. The van der Waals surface area contributed by atoms with Crippen molar-refractivity contribution in [3.05, 3.63) is 0 Å². The SMILES string of the molecule is CCCCCCNc1nc(NCCCCCC)nc(N(C2COC(C)(C)O2)C2COC(C)(C)O2)n1. The Kier molecular flexibility index (Phi) is 10.3. The van der Waals surface area contributed by atoms with Gasteiger partial charge in [0.25, 0.3) is 0 Å². The number of hydrogen-bond donors (Lipinski definition) is 2. The van der Waals surface area contributed by atoms with Crippen molar-refractivity contribution < 1.29 is 18.9 Å². The van der Waals surface area contributed by atoms with Gasteiger partial charge in [-0.25, -0.2) is 0 Å². The summed E-state index contributed by atoms with van der Waals surface area (Å²) in [6.45, 7) is 14.4. The zero-order chi connectivity index (χ0) is 25.3. The van der Waals surface area contributed by atoms with Gasteiger partial charge in [0.15, 0.2) is 24.0 Å². The van der Waals surface area contributed by atoms with Crippen LogP contribution in [0.1, 0.15) is 92.9 Å². The molecule has 0 spiro atoms. The highest BCUT2D eigenvalue weighted by Gasteiger charge is 2.45. The fourth-order valence-corrected chi connectivity index (χ4v) is 4.19. The minimum atomic E-state index is -0.703. The lowest BCUT2D eigenvalue weighted by atomic mass is 10.2. The lowest BCUT2D eigenvalue weighted by molar-refractivity contribution is -0.152. The zero-order valence-corrected chi connectivity index (χ0v) is 22.6. The third-order valence-corrected chi connectivity index (χ3v) is 6.09. The molecule has 1 aromatic rings. The van der Waals surface area contributed by atoms with Gasteiger partial charge in [-0.15, -0.1) is 0 Å². The molecular weight excluding hydrogens is 448 g/mol. The van der Waals surface area contributed by atoms with Crippen LogP contribution in [0.3, 0.4) is 0 Å². The summed E-state index contributed by atoms with van der Waals surface area (Å²) in [6, 6.07) is 0. The van der Waals surface area contributed by atoms with E-state index in [1.165, 1.54) is 38.5 Å². The Morgan fingerprint density at radius 2 is 1.17 bits per heavy atom. The summed E-state index contributed by atoms with van der Waals surface area (Å²) in [6.07, 6.45) is 8.54. The summed E-state index contributed by atoms with van der Waals surface area (Å²) in [5.41, 5.74) is 0. The van der Waals surface area contributed by atoms with E-state index in [4.69, 9.17) is 28.9 Å². The number of ether oxygens (including phenoxy) is 4. The van der Waals surface area contributed by atoms with Crippen LogP contribution in [0.2, 0.25) is 0 Å². The molecule has 2 N–H and O–H groups in total. The number of nitrogens with one attached hydrogen (secondary N) is 2. The number of unbranched alkanes of at least 4 members (excludes halogenated alkanes) is 6. The maximum atomic E-state index is 6.20. The van der Waals surface area contributed by atoms with E-state index in [2.05, 4.69) is 29.5 Å². The van der Waals surface area contributed by atoms with Gasteiger partial charge in [0.1, 0.15) is 0 Å². The smallest absolute Gasteiger partial charge is 0.236 e. The van der Waals surface area contributed by atoms with Crippen LogP contribution in [0.25, 0.3) is 0 Å². The molecule has 2 aliphatic rings. The Hall–Kier alpha value is -1.75. The molecule has 0 aliphatic carbocycles. The maximum Gasteiger partial charge on any atom is 0.236 e. The average molecular weight is 495 g/mol. The van der Waals surface area contributed by atoms with Gasteiger partial charge in [-0.1, -0.05) is 52.4 Å². The molecule has 0 amide bonds. The van der Waals surface area contributed by atoms with Crippen molar-refractivity contribution in [2.45, 2.75) is 117 Å². The van der Waals surface area contributed by atoms with E-state index in [-0.39, 0.29) is 0 Å². The van der Waals surface area contributed by atoms with E-state index in [0.717, 1.165) is 25.9 Å². The first kappa shape index (κ1) is 27.8. The molecule has 2 unspecified atom stereocenters. The summed E-state index contributed by atoms with van der Waals surface area (Å²) in [4.78, 5) is 16.1. The van der Waals surface area contributed by atoms with Gasteiger partial charge in [0.2, 0.25) is 17.8 Å². The van der Waals surface area contributed by atoms with Crippen LogP contribution in [0.5, 0.6) is 0 Å². The van der Waals surface area contributed by atoms with Gasteiger partial charge < -0.3 is 29.6 Å². The van der Waals surface area contributed by atoms with Gasteiger partial charge in [-0.3, -0.25) is 4.90 Å². The highest BCUT2D eigenvalue weighted by Crippen LogP contribution is 2.33. The van der Waals surface area contributed by atoms with Crippen molar-refractivity contribution in [3.63, 3.8) is 0 Å². The highest BCUT2D eigenvalue weighted by atomic mass is 16.8. The van der Waals surface area contributed by atoms with E-state index in [1.807, 2.05) is 32.6 Å². The van der Waals surface area contributed by atoms with Gasteiger partial charge in [-0.05, 0) is 40.5 Å². The number of anilines is 3. The average Bonchev–Trinajstić information content (AvgIpc) is 3.34. The van der Waals surface area contributed by atoms with Crippen LogP contribution < -0.4 is 15.5 Å². The van der Waals surface area contributed by atoms with E-state index < -0.39 is 24.0 Å². The molecule has 0 bridgehead atoms. The largest absolute Gasteiger partial charge is 0.354 e. The highest BCUT2D eigenvalue weighted by molar-refractivity contribution is 5.45. The first-order valence-electron chi connectivity index (χ1n) is 13.4. The van der Waals surface area contributed by atoms with Crippen LogP contribution in [-0.2, 0) is 18.9 Å². The van der Waals surface area contributed by atoms with Crippen molar-refractivity contribution in [1.29, 1.82) is 0 Å². The third kappa shape index (κ3) is 8.70. The minimum absolute atomic E-state index is 0.374. The van der Waals surface area contributed by atoms with E-state index >= 15 is 0 Å². The first-order chi connectivity index (χ1) is 16.7.